The van der Waals surface area contributed by atoms with E-state index in [0.29, 0.717) is 11.5 Å². The Balaban J connectivity index is 1.68. The fourth-order valence-electron chi connectivity index (χ4n) is 4.13. The van der Waals surface area contributed by atoms with E-state index in [1.54, 1.807) is 30.8 Å². The number of aliphatic hydroxyl groups excluding tert-OH is 1. The smallest absolute Gasteiger partial charge is 0.408 e. The van der Waals surface area contributed by atoms with Gasteiger partial charge in [-0.15, -0.1) is 0 Å². The third-order valence-electron chi connectivity index (χ3n) is 6.44. The van der Waals surface area contributed by atoms with E-state index in [1.807, 2.05) is 60.7 Å². The van der Waals surface area contributed by atoms with Crippen LogP contribution in [0, 0.1) is 5.92 Å². The van der Waals surface area contributed by atoms with Crippen molar-refractivity contribution in [1.82, 2.24) is 16.0 Å². The molecule has 1 aliphatic heterocycles. The number of rotatable bonds is 11. The number of carbonyl (C=O) groups excluding carboxylic acids is 4. The van der Waals surface area contributed by atoms with Crippen molar-refractivity contribution in [1.29, 1.82) is 0 Å². The lowest BCUT2D eigenvalue weighted by atomic mass is 9.98. The van der Waals surface area contributed by atoms with Crippen molar-refractivity contribution in [3.05, 3.63) is 83.9 Å². The largest absolute Gasteiger partial charge is 0.462 e. The predicted octanol–water partition coefficient (Wildman–Crippen LogP) is 3.10. The molecule has 0 aliphatic carbocycles. The lowest BCUT2D eigenvalue weighted by Crippen LogP contribution is -2.47. The van der Waals surface area contributed by atoms with Gasteiger partial charge in [-0.05, 0) is 30.9 Å². The highest BCUT2D eigenvalue weighted by Gasteiger charge is 2.28. The van der Waals surface area contributed by atoms with Gasteiger partial charge in [-0.25, -0.2) is 9.59 Å². The molecule has 0 saturated heterocycles. The topological polar surface area (TPSA) is 143 Å². The van der Waals surface area contributed by atoms with E-state index < -0.39 is 36.1 Å². The second-order valence-electron chi connectivity index (χ2n) is 10.1. The second kappa shape index (κ2) is 17.9. The van der Waals surface area contributed by atoms with E-state index in [9.17, 15) is 24.3 Å². The monoisotopic (exact) mass is 597 g/mol. The number of nitrogens with one attached hydrogen (secondary N) is 3. The maximum Gasteiger partial charge on any atom is 0.408 e. The molecule has 0 radical (unpaired) electrons. The summed E-state index contributed by atoms with van der Waals surface area (Å²) in [5.74, 6) is -0.829. The zero-order valence-electron chi connectivity index (χ0n) is 23.7. The Morgan fingerprint density at radius 2 is 1.71 bits per heavy atom. The van der Waals surface area contributed by atoms with Crippen LogP contribution in [0.5, 0.6) is 0 Å². The highest BCUT2D eigenvalue weighted by atomic mass is 32.2. The van der Waals surface area contributed by atoms with Crippen LogP contribution in [0.2, 0.25) is 0 Å². The molecule has 0 unspecified atom stereocenters. The standard InChI is InChI=1S/C31H39N3O7S/c1-22(17-35)32-28(36)16-25-14-8-9-15-27(34-31(39)41-18-23-10-4-2-5-11-23)30(38)40-19-26(33-29(25)37)21-42-20-24-12-6-3-7-13-24/h2-13,22,25-27,35H,14-21H2,1H3,(H,32,36)(H,33,37)(H,34,39)/t22-,25-,26-,27-/m1/s1. The molecule has 0 bridgehead atoms. The minimum atomic E-state index is -0.996. The average Bonchev–Trinajstić information content (AvgIpc) is 2.99. The molecule has 3 rings (SSSR count). The first kappa shape index (κ1) is 32.7. The van der Waals surface area contributed by atoms with Crippen LogP contribution in [0.3, 0.4) is 0 Å². The molecule has 226 valence electrons. The van der Waals surface area contributed by atoms with Crippen molar-refractivity contribution in [2.45, 2.75) is 56.7 Å². The van der Waals surface area contributed by atoms with Crippen LogP contribution in [-0.4, -0.2) is 66.1 Å². The molecule has 0 aromatic heterocycles. The third-order valence-corrected chi connectivity index (χ3v) is 7.61. The lowest BCUT2D eigenvalue weighted by molar-refractivity contribution is -0.147. The summed E-state index contributed by atoms with van der Waals surface area (Å²) in [5, 5.41) is 17.5. The molecular formula is C31H39N3O7S. The second-order valence-corrected chi connectivity index (χ2v) is 11.1. The van der Waals surface area contributed by atoms with Gasteiger partial charge in [0.1, 0.15) is 19.3 Å². The number of esters is 1. The van der Waals surface area contributed by atoms with Crippen molar-refractivity contribution < 1.29 is 33.8 Å². The van der Waals surface area contributed by atoms with Crippen LogP contribution in [0.4, 0.5) is 4.79 Å². The first-order valence-electron chi connectivity index (χ1n) is 13.9. The van der Waals surface area contributed by atoms with Crippen molar-refractivity contribution in [3.63, 3.8) is 0 Å². The predicted molar refractivity (Wildman–Crippen MR) is 160 cm³/mol. The van der Waals surface area contributed by atoms with Gasteiger partial charge in [0, 0.05) is 24.0 Å². The van der Waals surface area contributed by atoms with Gasteiger partial charge < -0.3 is 30.5 Å². The van der Waals surface area contributed by atoms with Gasteiger partial charge in [0.2, 0.25) is 11.8 Å². The van der Waals surface area contributed by atoms with Crippen LogP contribution >= 0.6 is 11.8 Å². The fourth-order valence-corrected chi connectivity index (χ4v) is 5.14. The van der Waals surface area contributed by atoms with E-state index in [4.69, 9.17) is 9.47 Å². The zero-order valence-corrected chi connectivity index (χ0v) is 24.5. The maximum absolute atomic E-state index is 13.2. The number of hydrogen-bond donors (Lipinski definition) is 4. The van der Waals surface area contributed by atoms with Gasteiger partial charge in [0.25, 0.3) is 0 Å². The molecule has 4 N–H and O–H groups in total. The van der Waals surface area contributed by atoms with Crippen LogP contribution < -0.4 is 16.0 Å². The van der Waals surface area contributed by atoms with Crippen molar-refractivity contribution in [3.8, 4) is 0 Å². The minimum Gasteiger partial charge on any atom is -0.462 e. The summed E-state index contributed by atoms with van der Waals surface area (Å²) in [6.07, 6.45) is 2.93. The summed E-state index contributed by atoms with van der Waals surface area (Å²) in [5.41, 5.74) is 1.93. The molecule has 2 aromatic carbocycles. The lowest BCUT2D eigenvalue weighted by Gasteiger charge is -2.24. The average molecular weight is 598 g/mol. The number of allylic oxidation sites excluding steroid dienone is 1. The normalized spacial score (nSPS) is 20.2. The number of ether oxygens (including phenoxy) is 2. The Morgan fingerprint density at radius 3 is 2.40 bits per heavy atom. The van der Waals surface area contributed by atoms with Gasteiger partial charge >= 0.3 is 12.1 Å². The van der Waals surface area contributed by atoms with Gasteiger partial charge in [-0.3, -0.25) is 9.59 Å². The molecule has 2 aromatic rings. The van der Waals surface area contributed by atoms with E-state index >= 15 is 0 Å². The minimum absolute atomic E-state index is 0.0513. The van der Waals surface area contributed by atoms with Gasteiger partial charge in [-0.2, -0.15) is 11.8 Å². The number of thioether (sulfide) groups is 1. The first-order chi connectivity index (χ1) is 20.3. The molecule has 4 atom stereocenters. The fraction of sp³-hybridized carbons (Fsp3) is 0.419. The zero-order chi connectivity index (χ0) is 30.2. The van der Waals surface area contributed by atoms with Crippen LogP contribution in [0.25, 0.3) is 0 Å². The van der Waals surface area contributed by atoms with Crippen molar-refractivity contribution >= 4 is 35.6 Å². The quantitative estimate of drug-likeness (QED) is 0.229. The van der Waals surface area contributed by atoms with E-state index in [-0.39, 0.29) is 50.9 Å². The van der Waals surface area contributed by atoms with Crippen LogP contribution in [0.1, 0.15) is 37.3 Å². The molecule has 1 heterocycles. The van der Waals surface area contributed by atoms with Gasteiger partial charge in [0.05, 0.1) is 18.6 Å². The van der Waals surface area contributed by atoms with E-state index in [0.717, 1.165) is 11.1 Å². The van der Waals surface area contributed by atoms with E-state index in [2.05, 4.69) is 16.0 Å². The molecule has 0 spiro atoms. The van der Waals surface area contributed by atoms with Crippen molar-refractivity contribution in [2.75, 3.05) is 19.0 Å². The SMILES string of the molecule is C[C@H](CO)NC(=O)C[C@H]1CC=CC[C@@H](NC(=O)OCc2ccccc2)C(=O)OC[C@H](CSCc2ccccc2)NC1=O. The van der Waals surface area contributed by atoms with Gasteiger partial charge in [-0.1, -0.05) is 72.8 Å². The summed E-state index contributed by atoms with van der Waals surface area (Å²) in [6.45, 7) is 1.41. The number of amides is 3. The van der Waals surface area contributed by atoms with E-state index in [1.165, 1.54) is 0 Å². The third kappa shape index (κ3) is 12.0. The Labute approximate surface area is 250 Å². The number of aliphatic hydroxyl groups is 1. The summed E-state index contributed by atoms with van der Waals surface area (Å²) in [6, 6.07) is 17.1. The molecular weight excluding hydrogens is 558 g/mol. The van der Waals surface area contributed by atoms with Crippen LogP contribution in [0.15, 0.2) is 72.8 Å². The van der Waals surface area contributed by atoms with Gasteiger partial charge in [0.15, 0.2) is 0 Å². The maximum atomic E-state index is 13.2. The molecule has 42 heavy (non-hydrogen) atoms. The highest BCUT2D eigenvalue weighted by molar-refractivity contribution is 7.98. The first-order valence-corrected chi connectivity index (χ1v) is 15.1. The highest BCUT2D eigenvalue weighted by Crippen LogP contribution is 2.17. The Morgan fingerprint density at radius 1 is 1.05 bits per heavy atom. The summed E-state index contributed by atoms with van der Waals surface area (Å²) in [7, 11) is 0. The molecule has 11 heteroatoms. The molecule has 3 amide bonds. The number of carbonyl (C=O) groups is 4. The van der Waals surface area contributed by atoms with Crippen molar-refractivity contribution in [2.24, 2.45) is 5.92 Å². The number of alkyl carbamates (subject to hydrolysis) is 1. The molecule has 1 aliphatic rings. The molecule has 0 saturated carbocycles. The Bertz CT molecular complexity index is 1180. The summed E-state index contributed by atoms with van der Waals surface area (Å²) in [4.78, 5) is 51.2. The summed E-state index contributed by atoms with van der Waals surface area (Å²) < 4.78 is 10.8. The Hall–Kier alpha value is -3.83. The molecule has 10 nitrogen and oxygen atoms in total. The number of hydrogen-bond acceptors (Lipinski definition) is 8. The summed E-state index contributed by atoms with van der Waals surface area (Å²) >= 11 is 1.58. The molecule has 0 fully saturated rings. The van der Waals surface area contributed by atoms with Crippen LogP contribution in [-0.2, 0) is 36.2 Å². The number of cyclic esters (lactones) is 1. The number of benzene rings is 2. The Kier molecular flexibility index (Phi) is 13.9.